The second-order valence-electron chi connectivity index (χ2n) is 5.28. The van der Waals surface area contributed by atoms with Crippen molar-refractivity contribution in [1.29, 1.82) is 0 Å². The van der Waals surface area contributed by atoms with Crippen molar-refractivity contribution >= 4 is 5.91 Å². The van der Waals surface area contributed by atoms with Gasteiger partial charge in [0.2, 0.25) is 0 Å². The van der Waals surface area contributed by atoms with Crippen molar-refractivity contribution in [2.45, 2.75) is 40.8 Å². The normalized spacial score (nSPS) is 10.5. The molecule has 6 nitrogen and oxygen atoms in total. The Hall–Kier alpha value is -2.50. The molecule has 0 saturated heterocycles. The topological polar surface area (TPSA) is 65.4 Å². The highest BCUT2D eigenvalue weighted by molar-refractivity contribution is 5.94. The van der Waals surface area contributed by atoms with Crippen molar-refractivity contribution in [1.82, 2.24) is 15.1 Å². The van der Waals surface area contributed by atoms with Crippen LogP contribution in [0.5, 0.6) is 11.5 Å². The van der Waals surface area contributed by atoms with Crippen LogP contribution in [0.2, 0.25) is 0 Å². The van der Waals surface area contributed by atoms with Crippen LogP contribution in [0.3, 0.4) is 0 Å². The number of aromatic nitrogens is 2. The van der Waals surface area contributed by atoms with Crippen molar-refractivity contribution in [3.05, 3.63) is 41.2 Å². The smallest absolute Gasteiger partial charge is 0.251 e. The van der Waals surface area contributed by atoms with Crippen LogP contribution in [-0.4, -0.2) is 28.9 Å². The number of rotatable bonds is 8. The lowest BCUT2D eigenvalue weighted by Gasteiger charge is -2.12. The lowest BCUT2D eigenvalue weighted by atomic mass is 10.1. The molecule has 1 amide bonds. The highest BCUT2D eigenvalue weighted by Crippen LogP contribution is 2.28. The molecule has 0 saturated carbocycles. The summed E-state index contributed by atoms with van der Waals surface area (Å²) in [5.74, 6) is 1.08. The molecule has 130 valence electrons. The van der Waals surface area contributed by atoms with Crippen LogP contribution in [0, 0.1) is 6.92 Å². The summed E-state index contributed by atoms with van der Waals surface area (Å²) in [5, 5.41) is 7.21. The van der Waals surface area contributed by atoms with Crippen LogP contribution < -0.4 is 14.8 Å². The number of benzene rings is 1. The molecule has 0 bridgehead atoms. The van der Waals surface area contributed by atoms with Crippen LogP contribution >= 0.6 is 0 Å². The van der Waals surface area contributed by atoms with E-state index in [0.29, 0.717) is 36.8 Å². The monoisotopic (exact) mass is 331 g/mol. The Bertz CT molecular complexity index is 695. The second kappa shape index (κ2) is 8.38. The minimum Gasteiger partial charge on any atom is -0.490 e. The first-order chi connectivity index (χ1) is 11.6. The largest absolute Gasteiger partial charge is 0.490 e. The Morgan fingerprint density at radius 2 is 1.88 bits per heavy atom. The zero-order chi connectivity index (χ0) is 17.5. The number of amides is 1. The van der Waals surface area contributed by atoms with Gasteiger partial charge in [-0.15, -0.1) is 0 Å². The van der Waals surface area contributed by atoms with Gasteiger partial charge in [-0.05, 0) is 45.9 Å². The molecule has 1 heterocycles. The molecule has 2 aromatic rings. The summed E-state index contributed by atoms with van der Waals surface area (Å²) in [5.41, 5.74) is 2.63. The van der Waals surface area contributed by atoms with Gasteiger partial charge in [-0.1, -0.05) is 0 Å². The van der Waals surface area contributed by atoms with Gasteiger partial charge in [0.15, 0.2) is 11.5 Å². The van der Waals surface area contributed by atoms with Crippen LogP contribution in [0.1, 0.15) is 42.4 Å². The van der Waals surface area contributed by atoms with E-state index in [0.717, 1.165) is 17.8 Å². The maximum absolute atomic E-state index is 12.4. The summed E-state index contributed by atoms with van der Waals surface area (Å²) in [6, 6.07) is 5.22. The van der Waals surface area contributed by atoms with E-state index in [1.807, 2.05) is 32.4 Å². The summed E-state index contributed by atoms with van der Waals surface area (Å²) < 4.78 is 13.0. The van der Waals surface area contributed by atoms with Crippen LogP contribution in [-0.2, 0) is 13.1 Å². The average Bonchev–Trinajstić information content (AvgIpc) is 2.94. The maximum atomic E-state index is 12.4. The Morgan fingerprint density at radius 1 is 1.17 bits per heavy atom. The van der Waals surface area contributed by atoms with Gasteiger partial charge in [0.05, 0.1) is 19.4 Å². The third-order valence-electron chi connectivity index (χ3n) is 3.75. The van der Waals surface area contributed by atoms with Gasteiger partial charge >= 0.3 is 0 Å². The molecule has 0 fully saturated rings. The molecule has 6 heteroatoms. The van der Waals surface area contributed by atoms with E-state index in [9.17, 15) is 4.79 Å². The molecular weight excluding hydrogens is 306 g/mol. The van der Waals surface area contributed by atoms with Crippen molar-refractivity contribution < 1.29 is 14.3 Å². The van der Waals surface area contributed by atoms with E-state index in [2.05, 4.69) is 10.4 Å². The van der Waals surface area contributed by atoms with E-state index >= 15 is 0 Å². The predicted molar refractivity (Wildman–Crippen MR) is 92.6 cm³/mol. The number of hydrogen-bond donors (Lipinski definition) is 1. The molecule has 0 aliphatic carbocycles. The Morgan fingerprint density at radius 3 is 2.50 bits per heavy atom. The second-order valence-corrected chi connectivity index (χ2v) is 5.28. The summed E-state index contributed by atoms with van der Waals surface area (Å²) in [7, 11) is 0. The standard InChI is InChI=1S/C18H25N3O3/c1-5-21-13(4)15(12-20-21)11-19-18(22)14-8-9-16(23-6-2)17(10-14)24-7-3/h8-10,12H,5-7,11H2,1-4H3,(H,19,22). The molecule has 1 aromatic carbocycles. The van der Waals surface area contributed by atoms with E-state index in [-0.39, 0.29) is 5.91 Å². The fourth-order valence-electron chi connectivity index (χ4n) is 2.45. The molecule has 1 aromatic heterocycles. The highest BCUT2D eigenvalue weighted by Gasteiger charge is 2.12. The van der Waals surface area contributed by atoms with Crippen molar-refractivity contribution in [2.75, 3.05) is 13.2 Å². The molecule has 0 aliphatic heterocycles. The van der Waals surface area contributed by atoms with E-state index in [4.69, 9.17) is 9.47 Å². The Labute approximate surface area is 142 Å². The van der Waals surface area contributed by atoms with E-state index in [1.54, 1.807) is 24.4 Å². The van der Waals surface area contributed by atoms with Gasteiger partial charge in [-0.3, -0.25) is 9.48 Å². The number of ether oxygens (including phenoxy) is 2. The number of hydrogen-bond acceptors (Lipinski definition) is 4. The summed E-state index contributed by atoms with van der Waals surface area (Å²) >= 11 is 0. The van der Waals surface area contributed by atoms with Gasteiger partial charge < -0.3 is 14.8 Å². The Balaban J connectivity index is 2.08. The summed E-state index contributed by atoms with van der Waals surface area (Å²) in [6.45, 7) is 10.2. The number of nitrogens with one attached hydrogen (secondary N) is 1. The third kappa shape index (κ3) is 4.07. The third-order valence-corrected chi connectivity index (χ3v) is 3.75. The molecular formula is C18H25N3O3. The van der Waals surface area contributed by atoms with Gasteiger partial charge in [0, 0.05) is 29.9 Å². The first-order valence-electron chi connectivity index (χ1n) is 8.29. The van der Waals surface area contributed by atoms with Gasteiger partial charge in [0.1, 0.15) is 0 Å². The SMILES string of the molecule is CCOc1ccc(C(=O)NCc2cnn(CC)c2C)cc1OCC. The zero-order valence-electron chi connectivity index (χ0n) is 14.8. The molecule has 0 unspecified atom stereocenters. The Kier molecular flexibility index (Phi) is 6.23. The van der Waals surface area contributed by atoms with Gasteiger partial charge in [-0.25, -0.2) is 0 Å². The fraction of sp³-hybridized carbons (Fsp3) is 0.444. The van der Waals surface area contributed by atoms with Gasteiger partial charge in [-0.2, -0.15) is 5.10 Å². The maximum Gasteiger partial charge on any atom is 0.251 e. The molecule has 0 spiro atoms. The van der Waals surface area contributed by atoms with Crippen LogP contribution in [0.25, 0.3) is 0 Å². The average molecular weight is 331 g/mol. The highest BCUT2D eigenvalue weighted by atomic mass is 16.5. The molecule has 2 rings (SSSR count). The molecule has 0 radical (unpaired) electrons. The number of carbonyl (C=O) groups is 1. The lowest BCUT2D eigenvalue weighted by molar-refractivity contribution is 0.0950. The van der Waals surface area contributed by atoms with Gasteiger partial charge in [0.25, 0.3) is 5.91 Å². The van der Waals surface area contributed by atoms with Crippen molar-refractivity contribution in [3.63, 3.8) is 0 Å². The number of carbonyl (C=O) groups excluding carboxylic acids is 1. The number of nitrogens with zero attached hydrogens (tertiary/aromatic N) is 2. The molecule has 0 atom stereocenters. The molecule has 1 N–H and O–H groups in total. The minimum atomic E-state index is -0.150. The lowest BCUT2D eigenvalue weighted by Crippen LogP contribution is -2.23. The van der Waals surface area contributed by atoms with E-state index < -0.39 is 0 Å². The first-order valence-corrected chi connectivity index (χ1v) is 8.29. The minimum absolute atomic E-state index is 0.150. The van der Waals surface area contributed by atoms with E-state index in [1.165, 1.54) is 0 Å². The molecule has 0 aliphatic rings. The predicted octanol–water partition coefficient (Wildman–Crippen LogP) is 2.94. The summed E-state index contributed by atoms with van der Waals surface area (Å²) in [4.78, 5) is 12.4. The summed E-state index contributed by atoms with van der Waals surface area (Å²) in [6.07, 6.45) is 1.79. The van der Waals surface area contributed by atoms with Crippen LogP contribution in [0.4, 0.5) is 0 Å². The fourth-order valence-corrected chi connectivity index (χ4v) is 2.45. The van der Waals surface area contributed by atoms with Crippen molar-refractivity contribution in [2.24, 2.45) is 0 Å². The first kappa shape index (κ1) is 17.8. The quantitative estimate of drug-likeness (QED) is 0.808. The van der Waals surface area contributed by atoms with Crippen LogP contribution in [0.15, 0.2) is 24.4 Å². The molecule has 24 heavy (non-hydrogen) atoms. The zero-order valence-corrected chi connectivity index (χ0v) is 14.8. The number of aryl methyl sites for hydroxylation is 1. The van der Waals surface area contributed by atoms with Crippen molar-refractivity contribution in [3.8, 4) is 11.5 Å².